The SMILES string of the molecule is O=C(Oc1ccccc1C(=O)Oc1ccccc1)c1cccc(N2C(=O)[C@@H]3[C@@H](C2=O)[C@H]2C=C[C@@H]3C2)c1. The summed E-state index contributed by atoms with van der Waals surface area (Å²) >= 11 is 0. The molecule has 0 unspecified atom stereocenters. The average Bonchev–Trinajstić information content (AvgIpc) is 3.58. The lowest BCUT2D eigenvalue weighted by atomic mass is 9.85. The molecule has 7 nitrogen and oxygen atoms in total. The maximum absolute atomic E-state index is 13.1. The first kappa shape index (κ1) is 22.0. The second-order valence-corrected chi connectivity index (χ2v) is 9.15. The van der Waals surface area contributed by atoms with E-state index in [2.05, 4.69) is 0 Å². The summed E-state index contributed by atoms with van der Waals surface area (Å²) in [6.07, 6.45) is 4.92. The summed E-state index contributed by atoms with van der Waals surface area (Å²) in [7, 11) is 0. The predicted molar refractivity (Wildman–Crippen MR) is 129 cm³/mol. The van der Waals surface area contributed by atoms with Crippen molar-refractivity contribution in [2.24, 2.45) is 23.7 Å². The van der Waals surface area contributed by atoms with Crippen LogP contribution in [0, 0.1) is 23.7 Å². The number of fused-ring (bicyclic) bond motifs is 5. The molecule has 0 spiro atoms. The Bertz CT molecular complexity index is 1400. The summed E-state index contributed by atoms with van der Waals surface area (Å²) in [5.41, 5.74) is 0.578. The average molecular weight is 479 g/mol. The number of amides is 2. The van der Waals surface area contributed by atoms with E-state index >= 15 is 0 Å². The van der Waals surface area contributed by atoms with Crippen molar-refractivity contribution in [2.45, 2.75) is 6.42 Å². The predicted octanol–water partition coefficient (Wildman–Crippen LogP) is 4.44. The van der Waals surface area contributed by atoms with Gasteiger partial charge in [0.2, 0.25) is 11.8 Å². The molecule has 1 saturated heterocycles. The van der Waals surface area contributed by atoms with Gasteiger partial charge in [0.15, 0.2) is 0 Å². The third-order valence-corrected chi connectivity index (χ3v) is 7.07. The second-order valence-electron chi connectivity index (χ2n) is 9.15. The minimum Gasteiger partial charge on any atom is -0.423 e. The number of rotatable bonds is 5. The Hall–Kier alpha value is -4.52. The highest BCUT2D eigenvalue weighted by atomic mass is 16.5. The van der Waals surface area contributed by atoms with Gasteiger partial charge in [-0.05, 0) is 60.7 Å². The van der Waals surface area contributed by atoms with Crippen LogP contribution in [-0.2, 0) is 9.59 Å². The molecule has 178 valence electrons. The Balaban J connectivity index is 1.22. The first-order chi connectivity index (χ1) is 17.5. The van der Waals surface area contributed by atoms with Crippen LogP contribution in [0.2, 0.25) is 0 Å². The fourth-order valence-corrected chi connectivity index (χ4v) is 5.46. The molecule has 0 aromatic heterocycles. The lowest BCUT2D eigenvalue weighted by molar-refractivity contribution is -0.123. The summed E-state index contributed by atoms with van der Waals surface area (Å²) in [6.45, 7) is 0. The Morgan fingerprint density at radius 1 is 0.722 bits per heavy atom. The molecule has 3 aromatic rings. The van der Waals surface area contributed by atoms with E-state index in [9.17, 15) is 19.2 Å². The summed E-state index contributed by atoms with van der Waals surface area (Å²) in [6, 6.07) is 21.1. The molecule has 2 bridgehead atoms. The van der Waals surface area contributed by atoms with Crippen LogP contribution in [0.4, 0.5) is 5.69 Å². The number of carbonyl (C=O) groups is 4. The Morgan fingerprint density at radius 3 is 2.11 bits per heavy atom. The summed E-state index contributed by atoms with van der Waals surface area (Å²) in [4.78, 5) is 53.2. The zero-order valence-corrected chi connectivity index (χ0v) is 19.1. The van der Waals surface area contributed by atoms with E-state index in [1.807, 2.05) is 12.2 Å². The fourth-order valence-electron chi connectivity index (χ4n) is 5.46. The van der Waals surface area contributed by atoms with Crippen molar-refractivity contribution < 1.29 is 28.7 Å². The molecule has 0 radical (unpaired) electrons. The topological polar surface area (TPSA) is 90.0 Å². The molecular formula is C29H21NO6. The van der Waals surface area contributed by atoms with Gasteiger partial charge in [-0.2, -0.15) is 0 Å². The number of benzene rings is 3. The van der Waals surface area contributed by atoms with Crippen molar-refractivity contribution in [3.8, 4) is 11.5 Å². The number of ether oxygens (including phenoxy) is 2. The number of hydrogen-bond acceptors (Lipinski definition) is 6. The third kappa shape index (κ3) is 3.60. The quantitative estimate of drug-likeness (QED) is 0.233. The second kappa shape index (κ2) is 8.61. The molecule has 2 aliphatic carbocycles. The highest BCUT2D eigenvalue weighted by molar-refractivity contribution is 6.23. The Morgan fingerprint density at radius 2 is 1.39 bits per heavy atom. The van der Waals surface area contributed by atoms with E-state index in [-0.39, 0.29) is 52.4 Å². The van der Waals surface area contributed by atoms with E-state index < -0.39 is 11.9 Å². The van der Waals surface area contributed by atoms with Crippen LogP contribution in [0.3, 0.4) is 0 Å². The van der Waals surface area contributed by atoms with Crippen LogP contribution in [0.25, 0.3) is 0 Å². The molecule has 4 atom stereocenters. The number of esters is 2. The third-order valence-electron chi connectivity index (χ3n) is 7.07. The van der Waals surface area contributed by atoms with Crippen molar-refractivity contribution in [1.82, 2.24) is 0 Å². The van der Waals surface area contributed by atoms with Crippen molar-refractivity contribution in [3.63, 3.8) is 0 Å². The molecule has 3 aliphatic rings. The molecule has 1 aliphatic heterocycles. The number of carbonyl (C=O) groups excluding carboxylic acids is 4. The van der Waals surface area contributed by atoms with Gasteiger partial charge in [0.1, 0.15) is 17.1 Å². The van der Waals surface area contributed by atoms with Gasteiger partial charge in [0.05, 0.1) is 23.1 Å². The largest absolute Gasteiger partial charge is 0.423 e. The number of imide groups is 1. The number of allylic oxidation sites excluding steroid dienone is 2. The summed E-state index contributed by atoms with van der Waals surface area (Å²) in [5, 5.41) is 0. The number of nitrogens with zero attached hydrogens (tertiary/aromatic N) is 1. The molecule has 2 amide bonds. The van der Waals surface area contributed by atoms with E-state index in [0.717, 1.165) is 6.42 Å². The highest BCUT2D eigenvalue weighted by Gasteiger charge is 2.59. The fraction of sp³-hybridized carbons (Fsp3) is 0.172. The molecule has 3 aromatic carbocycles. The van der Waals surface area contributed by atoms with Crippen LogP contribution in [0.5, 0.6) is 11.5 Å². The highest BCUT2D eigenvalue weighted by Crippen LogP contribution is 2.53. The molecule has 1 saturated carbocycles. The van der Waals surface area contributed by atoms with Crippen LogP contribution >= 0.6 is 0 Å². The van der Waals surface area contributed by atoms with E-state index in [0.29, 0.717) is 11.4 Å². The van der Waals surface area contributed by atoms with Crippen LogP contribution in [0.15, 0.2) is 91.0 Å². The maximum atomic E-state index is 13.1. The zero-order chi connectivity index (χ0) is 24.8. The minimum atomic E-state index is -0.724. The van der Waals surface area contributed by atoms with E-state index in [1.165, 1.54) is 29.2 Å². The van der Waals surface area contributed by atoms with Crippen LogP contribution in [-0.4, -0.2) is 23.8 Å². The molecule has 36 heavy (non-hydrogen) atoms. The van der Waals surface area contributed by atoms with Crippen molar-refractivity contribution in [3.05, 3.63) is 102 Å². The number of anilines is 1. The van der Waals surface area contributed by atoms with Crippen LogP contribution < -0.4 is 14.4 Å². The number of hydrogen-bond donors (Lipinski definition) is 0. The molecule has 2 fully saturated rings. The van der Waals surface area contributed by atoms with Gasteiger partial charge < -0.3 is 9.47 Å². The molecule has 0 N–H and O–H groups in total. The first-order valence-corrected chi connectivity index (χ1v) is 11.8. The van der Waals surface area contributed by atoms with Gasteiger partial charge in [-0.1, -0.05) is 48.6 Å². The standard InChI is InChI=1S/C29H21NO6/c31-26-24-17-13-14-18(15-17)25(24)27(32)30(26)20-8-6-7-19(16-20)28(33)36-23-12-5-4-11-22(23)29(34)35-21-9-2-1-3-10-21/h1-14,16-18,24-25H,15H2/t17-,18+,24-,25-/m0/s1. The lowest BCUT2D eigenvalue weighted by Crippen LogP contribution is -2.33. The monoisotopic (exact) mass is 479 g/mol. The molecule has 6 rings (SSSR count). The van der Waals surface area contributed by atoms with Gasteiger partial charge in [-0.15, -0.1) is 0 Å². The van der Waals surface area contributed by atoms with E-state index in [4.69, 9.17) is 9.47 Å². The van der Waals surface area contributed by atoms with Crippen molar-refractivity contribution in [1.29, 1.82) is 0 Å². The summed E-state index contributed by atoms with van der Waals surface area (Å²) < 4.78 is 10.9. The van der Waals surface area contributed by atoms with Gasteiger partial charge in [-0.25, -0.2) is 14.5 Å². The van der Waals surface area contributed by atoms with Crippen molar-refractivity contribution in [2.75, 3.05) is 4.90 Å². The normalized spacial score (nSPS) is 23.6. The van der Waals surface area contributed by atoms with Gasteiger partial charge in [0.25, 0.3) is 0 Å². The zero-order valence-electron chi connectivity index (χ0n) is 19.1. The Kier molecular flexibility index (Phi) is 5.25. The van der Waals surface area contributed by atoms with E-state index in [1.54, 1.807) is 54.6 Å². The Labute approximate surface area is 206 Å². The van der Waals surface area contributed by atoms with Gasteiger partial charge in [-0.3, -0.25) is 9.59 Å². The van der Waals surface area contributed by atoms with Gasteiger partial charge in [0, 0.05) is 0 Å². The minimum absolute atomic E-state index is 0.0411. The molecular weight excluding hydrogens is 458 g/mol. The summed E-state index contributed by atoms with van der Waals surface area (Å²) in [5.74, 6) is -1.88. The van der Waals surface area contributed by atoms with Gasteiger partial charge >= 0.3 is 11.9 Å². The lowest BCUT2D eigenvalue weighted by Gasteiger charge is -2.18. The van der Waals surface area contributed by atoms with Crippen molar-refractivity contribution >= 4 is 29.4 Å². The first-order valence-electron chi connectivity index (χ1n) is 11.8. The maximum Gasteiger partial charge on any atom is 0.347 e. The molecule has 1 heterocycles. The smallest absolute Gasteiger partial charge is 0.347 e. The molecule has 7 heteroatoms. The van der Waals surface area contributed by atoms with Crippen LogP contribution in [0.1, 0.15) is 27.1 Å². The number of para-hydroxylation sites is 2.